The van der Waals surface area contributed by atoms with Crippen molar-refractivity contribution in [2.24, 2.45) is 23.2 Å². The third-order valence-corrected chi connectivity index (χ3v) is 8.43. The number of anilines is 1. The first-order valence-electron chi connectivity index (χ1n) is 11.0. The normalized spacial score (nSPS) is 25.9. The van der Waals surface area contributed by atoms with Gasteiger partial charge in [-0.3, -0.25) is 9.78 Å². The van der Waals surface area contributed by atoms with Gasteiger partial charge in [0.05, 0.1) is 18.4 Å². The van der Waals surface area contributed by atoms with Crippen molar-refractivity contribution >= 4 is 21.6 Å². The van der Waals surface area contributed by atoms with Crippen LogP contribution in [-0.2, 0) is 13.1 Å². The van der Waals surface area contributed by atoms with Gasteiger partial charge in [0.25, 0.3) is 5.56 Å². The molecule has 0 spiro atoms. The summed E-state index contributed by atoms with van der Waals surface area (Å²) in [6, 6.07) is 4.17. The Labute approximate surface area is 194 Å². The van der Waals surface area contributed by atoms with E-state index in [1.165, 1.54) is 11.1 Å². The number of tetrazole rings is 1. The van der Waals surface area contributed by atoms with E-state index in [9.17, 15) is 4.79 Å². The van der Waals surface area contributed by atoms with E-state index < -0.39 is 0 Å². The average molecular weight is 499 g/mol. The van der Waals surface area contributed by atoms with Crippen LogP contribution in [0.25, 0.3) is 0 Å². The molecule has 3 aromatic heterocycles. The zero-order valence-corrected chi connectivity index (χ0v) is 20.0. The van der Waals surface area contributed by atoms with E-state index in [-0.39, 0.29) is 12.1 Å². The molecule has 10 heteroatoms. The molecule has 3 saturated carbocycles. The molecular weight excluding hydrogens is 472 g/mol. The number of pyridine rings is 1. The maximum atomic E-state index is 13.0. The Kier molecular flexibility index (Phi) is 5.35. The minimum atomic E-state index is -0.206. The van der Waals surface area contributed by atoms with Crippen molar-refractivity contribution < 1.29 is 0 Å². The van der Waals surface area contributed by atoms with Gasteiger partial charge in [-0.1, -0.05) is 20.8 Å². The van der Waals surface area contributed by atoms with Crippen molar-refractivity contribution in [2.45, 2.75) is 52.7 Å². The van der Waals surface area contributed by atoms with Gasteiger partial charge in [-0.25, -0.2) is 9.36 Å². The molecule has 3 heterocycles. The molecule has 0 radical (unpaired) electrons. The Bertz CT molecular complexity index is 1170. The van der Waals surface area contributed by atoms with Gasteiger partial charge in [-0.2, -0.15) is 5.10 Å². The monoisotopic (exact) mass is 498 g/mol. The second kappa shape index (κ2) is 8.06. The topological polar surface area (TPSA) is 103 Å². The van der Waals surface area contributed by atoms with E-state index in [2.05, 4.69) is 67.6 Å². The van der Waals surface area contributed by atoms with Gasteiger partial charge >= 0.3 is 0 Å². The molecule has 0 saturated heterocycles. The van der Waals surface area contributed by atoms with Crippen LogP contribution in [0, 0.1) is 23.2 Å². The summed E-state index contributed by atoms with van der Waals surface area (Å²) in [5.74, 6) is 2.59. The molecule has 0 amide bonds. The molecule has 1 N–H and O–H groups in total. The predicted molar refractivity (Wildman–Crippen MR) is 123 cm³/mol. The maximum absolute atomic E-state index is 13.0. The first-order valence-corrected chi connectivity index (χ1v) is 11.8. The number of aromatic nitrogens is 7. The highest BCUT2D eigenvalue weighted by Gasteiger charge is 2.56. The fraction of sp³-hybridized carbons (Fsp3) is 0.545. The van der Waals surface area contributed by atoms with Crippen molar-refractivity contribution in [1.82, 2.24) is 35.0 Å². The molecule has 0 aromatic carbocycles. The van der Waals surface area contributed by atoms with E-state index in [0.717, 1.165) is 29.5 Å². The fourth-order valence-corrected chi connectivity index (χ4v) is 5.89. The molecule has 3 aliphatic carbocycles. The highest BCUT2D eigenvalue weighted by molar-refractivity contribution is 9.10. The molecule has 4 atom stereocenters. The molecule has 3 aliphatic rings. The van der Waals surface area contributed by atoms with E-state index in [1.807, 2.05) is 12.1 Å². The summed E-state index contributed by atoms with van der Waals surface area (Å²) in [5.41, 5.74) is 2.00. The molecule has 0 aliphatic heterocycles. The summed E-state index contributed by atoms with van der Waals surface area (Å²) in [5, 5.41) is 19.9. The third kappa shape index (κ3) is 3.64. The van der Waals surface area contributed by atoms with Crippen LogP contribution in [-0.4, -0.2) is 41.0 Å². The summed E-state index contributed by atoms with van der Waals surface area (Å²) in [7, 11) is 0. The van der Waals surface area contributed by atoms with Gasteiger partial charge in [0.2, 0.25) is 0 Å². The summed E-state index contributed by atoms with van der Waals surface area (Å²) in [4.78, 5) is 17.0. The van der Waals surface area contributed by atoms with Crippen LogP contribution in [0.3, 0.4) is 0 Å². The quantitative estimate of drug-likeness (QED) is 0.556. The molecule has 168 valence electrons. The first-order chi connectivity index (χ1) is 15.3. The molecule has 3 aromatic rings. The zero-order valence-electron chi connectivity index (χ0n) is 18.4. The van der Waals surface area contributed by atoms with Gasteiger partial charge < -0.3 is 5.32 Å². The minimum absolute atomic E-state index is 0.188. The number of halogens is 1. The Morgan fingerprint density at radius 2 is 1.97 bits per heavy atom. The Morgan fingerprint density at radius 1 is 1.19 bits per heavy atom. The van der Waals surface area contributed by atoms with Crippen molar-refractivity contribution in [1.29, 1.82) is 0 Å². The highest BCUT2D eigenvalue weighted by Crippen LogP contribution is 2.61. The maximum Gasteiger partial charge on any atom is 0.283 e. The van der Waals surface area contributed by atoms with Crippen LogP contribution in [0.4, 0.5) is 5.69 Å². The number of rotatable bonds is 6. The Morgan fingerprint density at radius 3 is 2.69 bits per heavy atom. The van der Waals surface area contributed by atoms with Crippen molar-refractivity contribution in [2.75, 3.05) is 5.32 Å². The molecule has 0 unspecified atom stereocenters. The van der Waals surface area contributed by atoms with E-state index in [4.69, 9.17) is 0 Å². The Balaban J connectivity index is 1.31. The van der Waals surface area contributed by atoms with Crippen LogP contribution < -0.4 is 10.9 Å². The number of nitrogens with one attached hydrogen (secondary N) is 1. The van der Waals surface area contributed by atoms with Crippen LogP contribution >= 0.6 is 15.9 Å². The molecular formula is C22H27BrN8O. The molecule has 3 fully saturated rings. The van der Waals surface area contributed by atoms with Crippen molar-refractivity contribution in [3.8, 4) is 0 Å². The smallest absolute Gasteiger partial charge is 0.283 e. The molecule has 6 rings (SSSR count). The van der Waals surface area contributed by atoms with E-state index in [0.29, 0.717) is 34.2 Å². The van der Waals surface area contributed by atoms with Gasteiger partial charge in [-0.15, -0.1) is 5.10 Å². The fourth-order valence-electron chi connectivity index (χ4n) is 5.47. The zero-order chi connectivity index (χ0) is 22.5. The number of hydrogen-bond acceptors (Lipinski definition) is 7. The van der Waals surface area contributed by atoms with Gasteiger partial charge in [0.15, 0.2) is 5.82 Å². The summed E-state index contributed by atoms with van der Waals surface area (Å²) < 4.78 is 3.54. The summed E-state index contributed by atoms with van der Waals surface area (Å²) >= 11 is 3.50. The van der Waals surface area contributed by atoms with Gasteiger partial charge in [-0.05, 0) is 80.1 Å². The number of fused-ring (bicyclic) bond motifs is 2. The molecule has 9 nitrogen and oxygen atoms in total. The van der Waals surface area contributed by atoms with Gasteiger partial charge in [0.1, 0.15) is 11.0 Å². The lowest BCUT2D eigenvalue weighted by molar-refractivity contribution is -0.105. The lowest BCUT2D eigenvalue weighted by atomic mass is 9.45. The Hall–Kier alpha value is -2.62. The van der Waals surface area contributed by atoms with Crippen molar-refractivity contribution in [3.63, 3.8) is 0 Å². The van der Waals surface area contributed by atoms with E-state index >= 15 is 0 Å². The molecule has 2 bridgehead atoms. The second-order valence-corrected chi connectivity index (χ2v) is 10.4. The lowest BCUT2D eigenvalue weighted by Crippen LogP contribution is -2.58. The van der Waals surface area contributed by atoms with Crippen LogP contribution in [0.2, 0.25) is 0 Å². The van der Waals surface area contributed by atoms with E-state index in [1.54, 1.807) is 23.3 Å². The highest BCUT2D eigenvalue weighted by atomic mass is 79.9. The third-order valence-electron chi connectivity index (χ3n) is 7.66. The summed E-state index contributed by atoms with van der Waals surface area (Å²) in [6.07, 6.45) is 7.63. The largest absolute Gasteiger partial charge is 0.380 e. The van der Waals surface area contributed by atoms with Crippen molar-refractivity contribution in [3.05, 3.63) is 56.9 Å². The van der Waals surface area contributed by atoms with Crippen LogP contribution in [0.5, 0.6) is 0 Å². The first kappa shape index (κ1) is 21.2. The predicted octanol–water partition coefficient (Wildman–Crippen LogP) is 2.97. The number of nitrogens with zero attached hydrogens (tertiary/aromatic N) is 7. The standard InChI is InChI=1S/C22H27BrN8O/c1-13-16-8-15(22(16,2)3)9-17(13)26-18-10-25-31(21(32)20(18)23)12-19-27-28-29-30(19)11-14-4-6-24-7-5-14/h4-7,10,13,15-17,26H,8-9,11-12H2,1-3H3/t13-,15+,16+,17+/m0/s1. The second-order valence-electron chi connectivity index (χ2n) is 9.65. The van der Waals surface area contributed by atoms with Crippen LogP contribution in [0.1, 0.15) is 45.0 Å². The number of hydrogen-bond donors (Lipinski definition) is 1. The molecule has 32 heavy (non-hydrogen) atoms. The average Bonchev–Trinajstić information content (AvgIpc) is 3.21. The van der Waals surface area contributed by atoms with Crippen LogP contribution in [0.15, 0.2) is 40.0 Å². The summed E-state index contributed by atoms with van der Waals surface area (Å²) in [6.45, 7) is 7.79. The SMILES string of the molecule is C[C@H]1[C@H]2C[C@H](C[C@H]1Nc1cnn(Cc3nnnn3Cc3ccncc3)c(=O)c1Br)C2(C)C. The lowest BCUT2D eigenvalue weighted by Gasteiger charge is -2.62. The van der Waals surface area contributed by atoms with Gasteiger partial charge in [0, 0.05) is 18.4 Å². The minimum Gasteiger partial charge on any atom is -0.380 e.